The number of rotatable bonds is 13. The summed E-state index contributed by atoms with van der Waals surface area (Å²) in [5, 5.41) is 17.2. The third-order valence-corrected chi connectivity index (χ3v) is 15.4. The van der Waals surface area contributed by atoms with E-state index in [4.69, 9.17) is 14.5 Å². The van der Waals surface area contributed by atoms with E-state index < -0.39 is 0 Å². The van der Waals surface area contributed by atoms with Crippen LogP contribution in [0.25, 0.3) is 56.9 Å². The topological polar surface area (TPSA) is 127 Å². The van der Waals surface area contributed by atoms with Gasteiger partial charge in [0, 0.05) is 85.6 Å². The van der Waals surface area contributed by atoms with Crippen molar-refractivity contribution in [2.45, 2.75) is 31.3 Å². The van der Waals surface area contributed by atoms with E-state index in [0.717, 1.165) is 156 Å². The molecule has 14 rings (SSSR count). The number of nitrogens with zero attached hydrogens (tertiary/aromatic N) is 1. The van der Waals surface area contributed by atoms with E-state index in [0.29, 0.717) is 13.2 Å². The van der Waals surface area contributed by atoms with Gasteiger partial charge in [0.05, 0.1) is 47.7 Å². The molecular formula is C68H58N8O2. The number of anilines is 2. The van der Waals surface area contributed by atoms with E-state index in [9.17, 15) is 0 Å². The van der Waals surface area contributed by atoms with Crippen molar-refractivity contribution in [2.24, 2.45) is 0 Å². The summed E-state index contributed by atoms with van der Waals surface area (Å²) in [4.78, 5) is 16.6. The van der Waals surface area contributed by atoms with Gasteiger partial charge in [-0.15, -0.1) is 0 Å². The highest BCUT2D eigenvalue weighted by Gasteiger charge is 2.28. The largest absolute Gasteiger partial charge is 0.494 e. The summed E-state index contributed by atoms with van der Waals surface area (Å²) in [5.74, 6) is 2.54. The minimum Gasteiger partial charge on any atom is -0.494 e. The zero-order valence-corrected chi connectivity index (χ0v) is 43.1. The SMILES string of the molecule is C1=Cc2c(c3c(c4[nH]c(-c5ccc(OCCCCCOc6ccc(/C7=C8\C=CC(N8)/C(c8ccccc8)=c8/cc/c([nH]8)=C(\c8ccccc8)C8C=C/C(=C(\c9ccccc9)c9ccc7[nH]9)N8)cc6)cc5)nc24)C=CCN3)NC1. The van der Waals surface area contributed by atoms with Crippen molar-refractivity contribution in [3.05, 3.63) is 267 Å². The Morgan fingerprint density at radius 2 is 0.923 bits per heavy atom. The van der Waals surface area contributed by atoms with Crippen LogP contribution in [-0.2, 0) is 0 Å². The summed E-state index contributed by atoms with van der Waals surface area (Å²) in [6.45, 7) is 2.88. The molecule has 0 spiro atoms. The summed E-state index contributed by atoms with van der Waals surface area (Å²) in [6, 6.07) is 57.6. The summed E-state index contributed by atoms with van der Waals surface area (Å²) < 4.78 is 12.6. The second-order valence-corrected chi connectivity index (χ2v) is 20.3. The van der Waals surface area contributed by atoms with Gasteiger partial charge in [-0.2, -0.15) is 0 Å². The first-order chi connectivity index (χ1) is 38.7. The molecule has 0 saturated carbocycles. The van der Waals surface area contributed by atoms with Crippen molar-refractivity contribution < 1.29 is 9.47 Å². The molecule has 10 heteroatoms. The maximum Gasteiger partial charge on any atom is 0.138 e. The third kappa shape index (κ3) is 8.90. The van der Waals surface area contributed by atoms with Gasteiger partial charge in [0.2, 0.25) is 0 Å². The number of unbranched alkanes of at least 4 members (excludes halogenated alkanes) is 2. The highest BCUT2D eigenvalue weighted by atomic mass is 16.5. The average molecular weight is 1020 g/mol. The second kappa shape index (κ2) is 20.5. The zero-order chi connectivity index (χ0) is 51.8. The number of fused-ring (bicyclic) bond motifs is 14. The van der Waals surface area contributed by atoms with Crippen LogP contribution in [0.3, 0.4) is 0 Å². The van der Waals surface area contributed by atoms with Crippen LogP contribution in [0.2, 0.25) is 0 Å². The molecule has 0 radical (unpaired) electrons. The molecule has 0 saturated heterocycles. The zero-order valence-electron chi connectivity index (χ0n) is 43.1. The van der Waals surface area contributed by atoms with Crippen LogP contribution < -0.4 is 41.4 Å². The number of aromatic nitrogens is 4. The Hall–Kier alpha value is -9.67. The monoisotopic (exact) mass is 1020 g/mol. The highest BCUT2D eigenvalue weighted by molar-refractivity contribution is 6.07. The lowest BCUT2D eigenvalue weighted by Gasteiger charge is -2.23. The van der Waals surface area contributed by atoms with Crippen molar-refractivity contribution in [1.29, 1.82) is 0 Å². The summed E-state index contributed by atoms with van der Waals surface area (Å²) >= 11 is 0. The van der Waals surface area contributed by atoms with Gasteiger partial charge in [0.1, 0.15) is 17.3 Å². The molecule has 0 aliphatic carbocycles. The molecule has 2 atom stereocenters. The molecule has 8 bridgehead atoms. The Morgan fingerprint density at radius 3 is 1.47 bits per heavy atom. The predicted octanol–water partition coefficient (Wildman–Crippen LogP) is 12.1. The van der Waals surface area contributed by atoms with Gasteiger partial charge in [0.25, 0.3) is 0 Å². The molecule has 6 aromatic carbocycles. The number of allylic oxidation sites excluding steroid dienone is 2. The molecule has 7 N–H and O–H groups in total. The summed E-state index contributed by atoms with van der Waals surface area (Å²) in [6.07, 6.45) is 20.6. The van der Waals surface area contributed by atoms with Gasteiger partial charge in [-0.05, 0) is 114 Å². The minimum absolute atomic E-state index is 0.0775. The van der Waals surface area contributed by atoms with Crippen molar-refractivity contribution in [3.8, 4) is 22.9 Å². The Bertz CT molecular complexity index is 3980. The van der Waals surface area contributed by atoms with Gasteiger partial charge in [0.15, 0.2) is 0 Å². The molecule has 382 valence electrons. The van der Waals surface area contributed by atoms with Crippen LogP contribution in [-0.4, -0.2) is 58.3 Å². The Morgan fingerprint density at radius 1 is 0.436 bits per heavy atom. The van der Waals surface area contributed by atoms with Crippen molar-refractivity contribution in [2.75, 3.05) is 36.9 Å². The average Bonchev–Trinajstić information content (AvgIpc) is 4.49. The first kappa shape index (κ1) is 46.8. The number of hydrogen-bond donors (Lipinski definition) is 7. The maximum absolute atomic E-state index is 6.36. The van der Waals surface area contributed by atoms with E-state index in [-0.39, 0.29) is 12.1 Å². The smallest absolute Gasteiger partial charge is 0.138 e. The molecule has 10 nitrogen and oxygen atoms in total. The van der Waals surface area contributed by atoms with Crippen LogP contribution in [0.1, 0.15) is 64.0 Å². The van der Waals surface area contributed by atoms with Crippen LogP contribution in [0.5, 0.6) is 11.5 Å². The second-order valence-electron chi connectivity index (χ2n) is 20.3. The van der Waals surface area contributed by atoms with E-state index >= 15 is 0 Å². The van der Waals surface area contributed by atoms with E-state index in [1.54, 1.807) is 0 Å². The van der Waals surface area contributed by atoms with Gasteiger partial charge >= 0.3 is 0 Å². The number of ether oxygens (including phenoxy) is 2. The van der Waals surface area contributed by atoms with Crippen LogP contribution in [0.4, 0.5) is 11.4 Å². The summed E-state index contributed by atoms with van der Waals surface area (Å²) in [5.41, 5.74) is 20.7. The molecule has 3 aromatic heterocycles. The lowest BCUT2D eigenvalue weighted by Crippen LogP contribution is -2.31. The fourth-order valence-corrected chi connectivity index (χ4v) is 11.7. The Balaban J connectivity index is 0.688. The fraction of sp³-hybridized carbons (Fsp3) is 0.132. The number of H-pyrrole nitrogens is 3. The third-order valence-electron chi connectivity index (χ3n) is 15.4. The predicted molar refractivity (Wildman–Crippen MR) is 317 cm³/mol. The maximum atomic E-state index is 6.36. The molecule has 2 unspecified atom stereocenters. The standard InChI is InChI=1S/C68H58N8O2/c1-5-15-43(16-6-1)60-52-31-33-54(71-52)61(44-17-7-2-8-18-44)56-35-37-58(73-56)63(59-38-36-57(74-59)62(45-19-9-3-10-20-45)55-34-32-53(60)72-55)46-23-27-48(28-24-46)77-41-11-4-12-42-78-49-29-25-47(26-30-49)68-75-66-50-21-13-39-69-64(50)65-51(67(66)76-68)22-14-40-70-65/h1-3,5-10,13-38,52,57,69-74H,4,11-12,39-42H2,(H,75,76)/b60-53-,61-54-,62-55-,63-59-. The lowest BCUT2D eigenvalue weighted by molar-refractivity contribution is 0.279. The minimum atomic E-state index is -0.104. The Kier molecular flexibility index (Phi) is 12.3. The lowest BCUT2D eigenvalue weighted by atomic mass is 9.98. The number of hydrogen-bond acceptors (Lipinski definition) is 7. The van der Waals surface area contributed by atoms with E-state index in [1.807, 2.05) is 12.1 Å². The number of benzene rings is 6. The molecular weight excluding hydrogens is 961 g/mol. The van der Waals surface area contributed by atoms with Crippen LogP contribution >= 0.6 is 0 Å². The van der Waals surface area contributed by atoms with Crippen molar-refractivity contribution >= 4 is 56.9 Å². The normalized spacial score (nSPS) is 20.2. The molecule has 0 fully saturated rings. The number of aromatic amines is 3. The summed E-state index contributed by atoms with van der Waals surface area (Å²) in [7, 11) is 0. The van der Waals surface area contributed by atoms with Crippen LogP contribution in [0.15, 0.2) is 212 Å². The molecule has 5 aliphatic rings. The highest BCUT2D eigenvalue weighted by Crippen LogP contribution is 2.43. The number of nitrogens with one attached hydrogen (secondary N) is 7. The molecule has 0 amide bonds. The van der Waals surface area contributed by atoms with Gasteiger partial charge < -0.3 is 45.7 Å². The molecule has 5 aliphatic heterocycles. The first-order valence-electron chi connectivity index (χ1n) is 27.2. The molecule has 78 heavy (non-hydrogen) atoms. The van der Waals surface area contributed by atoms with E-state index in [2.05, 4.69) is 236 Å². The van der Waals surface area contributed by atoms with Gasteiger partial charge in [-0.25, -0.2) is 4.98 Å². The Labute approximate surface area is 453 Å². The number of imidazole rings is 1. The quantitative estimate of drug-likeness (QED) is 0.0574. The fourth-order valence-electron chi connectivity index (χ4n) is 11.7. The van der Waals surface area contributed by atoms with Crippen molar-refractivity contribution in [1.82, 2.24) is 30.6 Å². The van der Waals surface area contributed by atoms with Gasteiger partial charge in [-0.1, -0.05) is 140 Å². The van der Waals surface area contributed by atoms with E-state index in [1.165, 1.54) is 11.1 Å². The van der Waals surface area contributed by atoms with Crippen LogP contribution in [0, 0.1) is 0 Å². The molecule has 8 heterocycles. The van der Waals surface area contributed by atoms with Crippen molar-refractivity contribution in [3.63, 3.8) is 0 Å². The van der Waals surface area contributed by atoms with Gasteiger partial charge in [-0.3, -0.25) is 0 Å². The molecule has 9 aromatic rings. The first-order valence-corrected chi connectivity index (χ1v) is 27.2.